The molecule has 0 spiro atoms. The Kier molecular flexibility index (Phi) is 4.03. The fourth-order valence-corrected chi connectivity index (χ4v) is 1.08. The number of hydrogen-bond donors (Lipinski definition) is 0. The van der Waals surface area contributed by atoms with Crippen LogP contribution < -0.4 is 0 Å². The molecule has 3 heteroatoms. The molecule has 0 amide bonds. The van der Waals surface area contributed by atoms with Gasteiger partial charge in [-0.15, -0.1) is 0 Å². The highest BCUT2D eigenvalue weighted by Gasteiger charge is 2.02. The molecule has 0 aliphatic rings. The molecule has 0 heterocycles. The lowest BCUT2D eigenvalue weighted by Crippen LogP contribution is -2.08. The van der Waals surface area contributed by atoms with Crippen LogP contribution in [0.4, 0.5) is 4.39 Å². The van der Waals surface area contributed by atoms with Crippen molar-refractivity contribution in [2.75, 3.05) is 6.61 Å². The second-order valence-electron chi connectivity index (χ2n) is 3.30. The van der Waals surface area contributed by atoms with Crippen molar-refractivity contribution in [3.8, 4) is 0 Å². The Morgan fingerprint density at radius 2 is 2.27 bits per heavy atom. The van der Waals surface area contributed by atoms with E-state index in [0.717, 1.165) is 5.56 Å². The van der Waals surface area contributed by atoms with Gasteiger partial charge in [-0.1, -0.05) is 18.7 Å². The first-order valence-corrected chi connectivity index (χ1v) is 4.66. The van der Waals surface area contributed by atoms with Gasteiger partial charge in [0, 0.05) is 12.0 Å². The van der Waals surface area contributed by atoms with Gasteiger partial charge in [0.05, 0.1) is 6.61 Å². The van der Waals surface area contributed by atoms with E-state index in [-0.39, 0.29) is 12.4 Å². The lowest BCUT2D eigenvalue weighted by Gasteiger charge is -2.04. The molecule has 0 N–H and O–H groups in total. The van der Waals surface area contributed by atoms with E-state index in [2.05, 4.69) is 6.58 Å². The predicted octanol–water partition coefficient (Wildman–Crippen LogP) is 2.49. The summed E-state index contributed by atoms with van der Waals surface area (Å²) in [7, 11) is 0. The summed E-state index contributed by atoms with van der Waals surface area (Å²) in [5.41, 5.74) is 1.18. The Morgan fingerprint density at radius 1 is 1.53 bits per heavy atom. The van der Waals surface area contributed by atoms with Crippen LogP contribution in [0.3, 0.4) is 0 Å². The number of carbonyl (C=O) groups is 1. The third-order valence-corrected chi connectivity index (χ3v) is 1.86. The molecule has 0 aliphatic carbocycles. The van der Waals surface area contributed by atoms with Crippen molar-refractivity contribution in [3.05, 3.63) is 47.8 Å². The van der Waals surface area contributed by atoms with Crippen LogP contribution in [0.5, 0.6) is 0 Å². The van der Waals surface area contributed by atoms with Crippen molar-refractivity contribution in [3.63, 3.8) is 0 Å². The van der Waals surface area contributed by atoms with Gasteiger partial charge in [0.1, 0.15) is 5.82 Å². The zero-order chi connectivity index (χ0) is 11.3. The topological polar surface area (TPSA) is 26.3 Å². The highest BCUT2D eigenvalue weighted by molar-refractivity contribution is 5.86. The molecule has 0 saturated carbocycles. The van der Waals surface area contributed by atoms with E-state index in [0.29, 0.717) is 12.0 Å². The maximum atomic E-state index is 12.8. The van der Waals surface area contributed by atoms with Gasteiger partial charge in [-0.05, 0) is 24.6 Å². The summed E-state index contributed by atoms with van der Waals surface area (Å²) >= 11 is 0. The predicted molar refractivity (Wildman–Crippen MR) is 55.9 cm³/mol. The molecular formula is C12H13FO2. The summed E-state index contributed by atoms with van der Waals surface area (Å²) in [4.78, 5) is 11.0. The molecule has 2 nitrogen and oxygen atoms in total. The van der Waals surface area contributed by atoms with Crippen LogP contribution in [0.15, 0.2) is 36.4 Å². The van der Waals surface area contributed by atoms with E-state index in [9.17, 15) is 9.18 Å². The van der Waals surface area contributed by atoms with Gasteiger partial charge in [-0.25, -0.2) is 9.18 Å². The standard InChI is InChI=1S/C12H13FO2/c1-9(2)12(14)15-7-6-10-4-3-5-11(13)8-10/h3-5,8H,1,6-7H2,2H3. The minimum Gasteiger partial charge on any atom is -0.462 e. The van der Waals surface area contributed by atoms with Gasteiger partial charge in [0.15, 0.2) is 0 Å². The number of halogens is 1. The molecule has 0 aliphatic heterocycles. The highest BCUT2D eigenvalue weighted by atomic mass is 19.1. The fourth-order valence-electron chi connectivity index (χ4n) is 1.08. The van der Waals surface area contributed by atoms with E-state index >= 15 is 0 Å². The largest absolute Gasteiger partial charge is 0.462 e. The minimum atomic E-state index is -0.411. The van der Waals surface area contributed by atoms with Crippen LogP contribution in [0, 0.1) is 5.82 Å². The number of rotatable bonds is 4. The summed E-state index contributed by atoms with van der Waals surface area (Å²) < 4.78 is 17.6. The first kappa shape index (κ1) is 11.4. The lowest BCUT2D eigenvalue weighted by atomic mass is 10.1. The average molecular weight is 208 g/mol. The highest BCUT2D eigenvalue weighted by Crippen LogP contribution is 2.04. The first-order chi connectivity index (χ1) is 7.09. The molecule has 0 bridgehead atoms. The molecule has 1 aromatic carbocycles. The maximum absolute atomic E-state index is 12.8. The van der Waals surface area contributed by atoms with E-state index in [1.165, 1.54) is 12.1 Å². The second-order valence-corrected chi connectivity index (χ2v) is 3.30. The molecular weight excluding hydrogens is 195 g/mol. The molecule has 1 aromatic rings. The Balaban J connectivity index is 2.38. The van der Waals surface area contributed by atoms with Gasteiger partial charge < -0.3 is 4.74 Å². The van der Waals surface area contributed by atoms with Gasteiger partial charge in [-0.3, -0.25) is 0 Å². The Bertz CT molecular complexity index is 372. The van der Waals surface area contributed by atoms with Gasteiger partial charge in [0.2, 0.25) is 0 Å². The molecule has 0 unspecified atom stereocenters. The fraction of sp³-hybridized carbons (Fsp3) is 0.250. The van der Waals surface area contributed by atoms with Gasteiger partial charge in [0.25, 0.3) is 0 Å². The van der Waals surface area contributed by atoms with Crippen molar-refractivity contribution in [1.29, 1.82) is 0 Å². The SMILES string of the molecule is C=C(C)C(=O)OCCc1cccc(F)c1. The minimum absolute atomic E-state index is 0.245. The number of esters is 1. The van der Waals surface area contributed by atoms with E-state index in [4.69, 9.17) is 4.74 Å². The normalized spacial score (nSPS) is 9.73. The molecule has 0 aromatic heterocycles. The van der Waals surface area contributed by atoms with Gasteiger partial charge >= 0.3 is 5.97 Å². The number of hydrogen-bond acceptors (Lipinski definition) is 2. The van der Waals surface area contributed by atoms with Crippen LogP contribution in [0.2, 0.25) is 0 Å². The van der Waals surface area contributed by atoms with Crippen LogP contribution in [-0.4, -0.2) is 12.6 Å². The van der Waals surface area contributed by atoms with E-state index < -0.39 is 5.97 Å². The van der Waals surface area contributed by atoms with Crippen LogP contribution in [0.1, 0.15) is 12.5 Å². The van der Waals surface area contributed by atoms with Crippen molar-refractivity contribution in [2.24, 2.45) is 0 Å². The first-order valence-electron chi connectivity index (χ1n) is 4.66. The molecule has 0 saturated heterocycles. The Labute approximate surface area is 88.4 Å². The zero-order valence-electron chi connectivity index (χ0n) is 8.63. The van der Waals surface area contributed by atoms with Crippen LogP contribution >= 0.6 is 0 Å². The van der Waals surface area contributed by atoms with Gasteiger partial charge in [-0.2, -0.15) is 0 Å². The second kappa shape index (κ2) is 5.29. The smallest absolute Gasteiger partial charge is 0.333 e. The Hall–Kier alpha value is -1.64. The third-order valence-electron chi connectivity index (χ3n) is 1.86. The summed E-state index contributed by atoms with van der Waals surface area (Å²) in [6, 6.07) is 6.22. The van der Waals surface area contributed by atoms with Crippen molar-refractivity contribution in [2.45, 2.75) is 13.3 Å². The third kappa shape index (κ3) is 3.94. The zero-order valence-corrected chi connectivity index (χ0v) is 8.63. The molecule has 15 heavy (non-hydrogen) atoms. The lowest BCUT2D eigenvalue weighted by molar-refractivity contribution is -0.138. The van der Waals surface area contributed by atoms with Crippen LogP contribution in [0.25, 0.3) is 0 Å². The van der Waals surface area contributed by atoms with Crippen molar-refractivity contribution < 1.29 is 13.9 Å². The molecule has 1 rings (SSSR count). The van der Waals surface area contributed by atoms with E-state index in [1.54, 1.807) is 19.1 Å². The summed E-state index contributed by atoms with van der Waals surface area (Å²) in [6.07, 6.45) is 0.511. The summed E-state index contributed by atoms with van der Waals surface area (Å²) in [6.45, 7) is 5.29. The van der Waals surface area contributed by atoms with Crippen LogP contribution in [-0.2, 0) is 16.0 Å². The maximum Gasteiger partial charge on any atom is 0.333 e. The summed E-state index contributed by atoms with van der Waals surface area (Å²) in [5.74, 6) is -0.690. The Morgan fingerprint density at radius 3 is 2.87 bits per heavy atom. The average Bonchev–Trinajstić information content (AvgIpc) is 2.17. The monoisotopic (exact) mass is 208 g/mol. The molecule has 0 fully saturated rings. The van der Waals surface area contributed by atoms with Crippen molar-refractivity contribution in [1.82, 2.24) is 0 Å². The number of carbonyl (C=O) groups excluding carboxylic acids is 1. The summed E-state index contributed by atoms with van der Waals surface area (Å²) in [5, 5.41) is 0. The quantitative estimate of drug-likeness (QED) is 0.561. The molecule has 0 atom stereocenters. The molecule has 0 radical (unpaired) electrons. The number of benzene rings is 1. The van der Waals surface area contributed by atoms with E-state index in [1.807, 2.05) is 0 Å². The molecule has 80 valence electrons. The van der Waals surface area contributed by atoms with Crippen molar-refractivity contribution >= 4 is 5.97 Å². The number of ether oxygens (including phenoxy) is 1.